The summed E-state index contributed by atoms with van der Waals surface area (Å²) < 4.78 is 6.93. The van der Waals surface area contributed by atoms with Crippen LogP contribution >= 0.6 is 15.9 Å². The van der Waals surface area contributed by atoms with Crippen LogP contribution in [0.3, 0.4) is 0 Å². The van der Waals surface area contributed by atoms with Crippen LogP contribution in [0.4, 0.5) is 0 Å². The molecule has 4 heteroatoms. The summed E-state index contributed by atoms with van der Waals surface area (Å²) in [4.78, 5) is 11.7. The highest BCUT2D eigenvalue weighted by atomic mass is 79.9. The van der Waals surface area contributed by atoms with Crippen LogP contribution in [0, 0.1) is 0 Å². The van der Waals surface area contributed by atoms with Crippen LogP contribution in [-0.4, -0.2) is 5.91 Å². The topological polar surface area (TPSA) is 52.3 Å². The molecule has 0 aromatic heterocycles. The van der Waals surface area contributed by atoms with Gasteiger partial charge < -0.3 is 10.5 Å². The van der Waals surface area contributed by atoms with Gasteiger partial charge >= 0.3 is 0 Å². The van der Waals surface area contributed by atoms with Crippen molar-refractivity contribution in [2.45, 2.75) is 6.61 Å². The Bertz CT molecular complexity index is 828. The predicted molar refractivity (Wildman–Crippen MR) is 90.9 cm³/mol. The first kappa shape index (κ1) is 14.6. The third-order valence-corrected chi connectivity index (χ3v) is 3.97. The summed E-state index contributed by atoms with van der Waals surface area (Å²) in [5.41, 5.74) is 6.89. The lowest BCUT2D eigenvalue weighted by Gasteiger charge is -2.13. The molecule has 22 heavy (non-hydrogen) atoms. The van der Waals surface area contributed by atoms with E-state index in [9.17, 15) is 4.79 Å². The van der Waals surface area contributed by atoms with Gasteiger partial charge in [0.2, 0.25) is 0 Å². The molecule has 0 radical (unpaired) electrons. The number of amides is 1. The Hall–Kier alpha value is -2.33. The Morgan fingerprint density at radius 1 is 1.00 bits per heavy atom. The molecule has 110 valence electrons. The monoisotopic (exact) mass is 355 g/mol. The number of ether oxygens (including phenoxy) is 1. The van der Waals surface area contributed by atoms with E-state index in [1.807, 2.05) is 54.6 Å². The van der Waals surface area contributed by atoms with E-state index >= 15 is 0 Å². The highest BCUT2D eigenvalue weighted by Crippen LogP contribution is 2.30. The number of nitrogens with two attached hydrogens (primary N) is 1. The number of benzene rings is 3. The number of hydrogen-bond acceptors (Lipinski definition) is 2. The zero-order valence-electron chi connectivity index (χ0n) is 11.8. The lowest BCUT2D eigenvalue weighted by molar-refractivity contribution is 0.0996. The summed E-state index contributed by atoms with van der Waals surface area (Å²) in [5, 5.41) is 1.90. The van der Waals surface area contributed by atoms with Crippen molar-refractivity contribution in [1.29, 1.82) is 0 Å². The molecule has 0 aliphatic heterocycles. The van der Waals surface area contributed by atoms with Gasteiger partial charge in [-0.25, -0.2) is 0 Å². The van der Waals surface area contributed by atoms with Gasteiger partial charge in [0.1, 0.15) is 12.4 Å². The van der Waals surface area contributed by atoms with Crippen molar-refractivity contribution in [1.82, 2.24) is 0 Å². The third-order valence-electron chi connectivity index (χ3n) is 3.44. The fourth-order valence-corrected chi connectivity index (χ4v) is 2.59. The van der Waals surface area contributed by atoms with E-state index in [4.69, 9.17) is 10.5 Å². The number of hydrogen-bond donors (Lipinski definition) is 1. The minimum Gasteiger partial charge on any atom is -0.487 e. The largest absolute Gasteiger partial charge is 0.487 e. The minimum atomic E-state index is -0.489. The number of primary amides is 1. The van der Waals surface area contributed by atoms with Crippen molar-refractivity contribution in [2.24, 2.45) is 5.73 Å². The Labute approximate surface area is 136 Å². The van der Waals surface area contributed by atoms with E-state index in [2.05, 4.69) is 15.9 Å². The zero-order chi connectivity index (χ0) is 15.5. The molecule has 2 N–H and O–H groups in total. The van der Waals surface area contributed by atoms with Crippen LogP contribution in [0.2, 0.25) is 0 Å². The molecule has 0 atom stereocenters. The van der Waals surface area contributed by atoms with E-state index in [-0.39, 0.29) is 0 Å². The standard InChI is InChI=1S/C18H14BrNO2/c19-14-8-5-12(6-9-14)11-22-17-15-4-2-1-3-13(15)7-10-16(17)18(20)21/h1-10H,11H2,(H2,20,21). The zero-order valence-corrected chi connectivity index (χ0v) is 13.3. The van der Waals surface area contributed by atoms with Crippen LogP contribution in [0.1, 0.15) is 15.9 Å². The molecule has 0 fully saturated rings. The van der Waals surface area contributed by atoms with Crippen LogP contribution < -0.4 is 10.5 Å². The quantitative estimate of drug-likeness (QED) is 0.759. The van der Waals surface area contributed by atoms with Crippen LogP contribution in [0.5, 0.6) is 5.75 Å². The first-order chi connectivity index (χ1) is 10.6. The van der Waals surface area contributed by atoms with Crippen molar-refractivity contribution < 1.29 is 9.53 Å². The fraction of sp³-hybridized carbons (Fsp3) is 0.0556. The maximum absolute atomic E-state index is 11.7. The van der Waals surface area contributed by atoms with Crippen molar-refractivity contribution in [2.75, 3.05) is 0 Å². The molecule has 0 aliphatic carbocycles. The van der Waals surface area contributed by atoms with Crippen molar-refractivity contribution in [3.63, 3.8) is 0 Å². The van der Waals surface area contributed by atoms with E-state index in [0.717, 1.165) is 20.8 Å². The van der Waals surface area contributed by atoms with Gasteiger partial charge in [0.25, 0.3) is 5.91 Å². The summed E-state index contributed by atoms with van der Waals surface area (Å²) in [6.45, 7) is 0.377. The van der Waals surface area contributed by atoms with Crippen molar-refractivity contribution >= 4 is 32.6 Å². The Kier molecular flexibility index (Phi) is 4.11. The molecule has 3 aromatic carbocycles. The first-order valence-corrected chi connectivity index (χ1v) is 7.63. The molecule has 3 rings (SSSR count). The average Bonchev–Trinajstić information content (AvgIpc) is 2.53. The summed E-state index contributed by atoms with van der Waals surface area (Å²) in [7, 11) is 0. The Balaban J connectivity index is 1.98. The molecule has 0 spiro atoms. The predicted octanol–water partition coefficient (Wildman–Crippen LogP) is 4.28. The Morgan fingerprint density at radius 3 is 2.45 bits per heavy atom. The number of carbonyl (C=O) groups is 1. The molecular weight excluding hydrogens is 342 g/mol. The van der Waals surface area contributed by atoms with E-state index in [0.29, 0.717) is 17.9 Å². The summed E-state index contributed by atoms with van der Waals surface area (Å²) in [6, 6.07) is 19.2. The van der Waals surface area contributed by atoms with Crippen molar-refractivity contribution in [3.05, 3.63) is 76.3 Å². The molecule has 0 saturated heterocycles. The number of rotatable bonds is 4. The molecule has 0 aliphatic rings. The summed E-state index contributed by atoms with van der Waals surface area (Å²) >= 11 is 3.40. The molecule has 1 amide bonds. The summed E-state index contributed by atoms with van der Waals surface area (Å²) in [6.07, 6.45) is 0. The second kappa shape index (κ2) is 6.20. The van der Waals surface area contributed by atoms with Crippen LogP contribution in [0.25, 0.3) is 10.8 Å². The van der Waals surface area contributed by atoms with E-state index in [1.165, 1.54) is 0 Å². The third kappa shape index (κ3) is 2.97. The highest BCUT2D eigenvalue weighted by molar-refractivity contribution is 9.10. The second-order valence-corrected chi connectivity index (χ2v) is 5.86. The van der Waals surface area contributed by atoms with Crippen LogP contribution in [-0.2, 0) is 6.61 Å². The normalized spacial score (nSPS) is 10.6. The molecule has 3 nitrogen and oxygen atoms in total. The van der Waals surface area contributed by atoms with E-state index in [1.54, 1.807) is 6.07 Å². The maximum Gasteiger partial charge on any atom is 0.252 e. The number of fused-ring (bicyclic) bond motifs is 1. The molecule has 3 aromatic rings. The van der Waals surface area contributed by atoms with Gasteiger partial charge in [-0.3, -0.25) is 4.79 Å². The van der Waals surface area contributed by atoms with Crippen LogP contribution in [0.15, 0.2) is 65.1 Å². The summed E-state index contributed by atoms with van der Waals surface area (Å²) in [5.74, 6) is 0.0464. The molecule has 0 heterocycles. The van der Waals surface area contributed by atoms with Gasteiger partial charge in [0.05, 0.1) is 5.56 Å². The Morgan fingerprint density at radius 2 is 1.73 bits per heavy atom. The van der Waals surface area contributed by atoms with Crippen molar-refractivity contribution in [3.8, 4) is 5.75 Å². The molecule has 0 bridgehead atoms. The van der Waals surface area contributed by atoms with Gasteiger partial charge in [-0.15, -0.1) is 0 Å². The highest BCUT2D eigenvalue weighted by Gasteiger charge is 2.13. The van der Waals surface area contributed by atoms with Gasteiger partial charge in [-0.2, -0.15) is 0 Å². The second-order valence-electron chi connectivity index (χ2n) is 4.94. The van der Waals surface area contributed by atoms with Gasteiger partial charge in [0.15, 0.2) is 0 Å². The maximum atomic E-state index is 11.7. The average molecular weight is 356 g/mol. The number of halogens is 1. The van der Waals surface area contributed by atoms with Gasteiger partial charge in [0, 0.05) is 9.86 Å². The smallest absolute Gasteiger partial charge is 0.252 e. The number of carbonyl (C=O) groups excluding carboxylic acids is 1. The van der Waals surface area contributed by atoms with Gasteiger partial charge in [-0.1, -0.05) is 58.4 Å². The lowest BCUT2D eigenvalue weighted by atomic mass is 10.0. The van der Waals surface area contributed by atoms with E-state index < -0.39 is 5.91 Å². The first-order valence-electron chi connectivity index (χ1n) is 6.84. The molecule has 0 saturated carbocycles. The molecular formula is C18H14BrNO2. The SMILES string of the molecule is NC(=O)c1ccc2ccccc2c1OCc1ccc(Br)cc1. The minimum absolute atomic E-state index is 0.377. The lowest BCUT2D eigenvalue weighted by Crippen LogP contribution is -2.13. The molecule has 0 unspecified atom stereocenters. The van der Waals surface area contributed by atoms with Gasteiger partial charge in [-0.05, 0) is 29.1 Å². The fourth-order valence-electron chi connectivity index (χ4n) is 2.33.